The molecule has 0 radical (unpaired) electrons. The second-order valence-electron chi connectivity index (χ2n) is 11.5. The van der Waals surface area contributed by atoms with Gasteiger partial charge in [0.15, 0.2) is 23.0 Å². The fraction of sp³-hybridized carbons (Fsp3) is 0.484. The highest BCUT2D eigenvalue weighted by Gasteiger charge is 2.58. The van der Waals surface area contributed by atoms with Crippen molar-refractivity contribution in [2.45, 2.75) is 70.7 Å². The SMILES string of the molecule is COC1=C(C)C(=O)C2=C(C1=O)[C@H](CNC(=O)C(C)=O)N1[C@@H](C#N)[C@@H]3Cc4c(OC(C)=O)c(C)c(OC)c(O)c4[C@@H]([C@@H]1C2)N3C. The van der Waals surface area contributed by atoms with Gasteiger partial charge in [-0.25, -0.2) is 0 Å². The van der Waals surface area contributed by atoms with Gasteiger partial charge in [-0.3, -0.25) is 33.8 Å². The Balaban J connectivity index is 1.77. The predicted octanol–water partition coefficient (Wildman–Crippen LogP) is 0.955. The van der Waals surface area contributed by atoms with Gasteiger partial charge in [0.25, 0.3) is 5.91 Å². The third-order valence-corrected chi connectivity index (χ3v) is 9.25. The van der Waals surface area contributed by atoms with Crippen molar-refractivity contribution in [2.24, 2.45) is 0 Å². The Morgan fingerprint density at radius 1 is 1.05 bits per heavy atom. The number of benzene rings is 1. The zero-order chi connectivity index (χ0) is 32.4. The number of aromatic hydroxyl groups is 1. The Morgan fingerprint density at radius 3 is 2.30 bits per heavy atom. The van der Waals surface area contributed by atoms with Crippen LogP contribution in [0.1, 0.15) is 49.9 Å². The summed E-state index contributed by atoms with van der Waals surface area (Å²) >= 11 is 0. The van der Waals surface area contributed by atoms with E-state index >= 15 is 0 Å². The van der Waals surface area contributed by atoms with Gasteiger partial charge in [0, 0.05) is 65.9 Å². The molecule has 0 unspecified atom stereocenters. The van der Waals surface area contributed by atoms with Crippen molar-refractivity contribution in [3.8, 4) is 23.3 Å². The minimum Gasteiger partial charge on any atom is -0.504 e. The van der Waals surface area contributed by atoms with E-state index in [1.54, 1.807) is 6.92 Å². The van der Waals surface area contributed by atoms with Crippen LogP contribution >= 0.6 is 0 Å². The van der Waals surface area contributed by atoms with Crippen LogP contribution in [-0.4, -0.2) is 96.1 Å². The van der Waals surface area contributed by atoms with Gasteiger partial charge in [-0.15, -0.1) is 0 Å². The summed E-state index contributed by atoms with van der Waals surface area (Å²) in [5, 5.41) is 24.8. The maximum absolute atomic E-state index is 13.8. The molecule has 13 heteroatoms. The van der Waals surface area contributed by atoms with Crippen molar-refractivity contribution >= 4 is 29.2 Å². The topological polar surface area (TPSA) is 176 Å². The van der Waals surface area contributed by atoms with Crippen molar-refractivity contribution in [2.75, 3.05) is 27.8 Å². The van der Waals surface area contributed by atoms with Gasteiger partial charge >= 0.3 is 5.97 Å². The molecule has 13 nitrogen and oxygen atoms in total. The lowest BCUT2D eigenvalue weighted by Gasteiger charge is -2.60. The number of allylic oxidation sites excluding steroid dienone is 2. The van der Waals surface area contributed by atoms with Crippen molar-refractivity contribution in [3.63, 3.8) is 0 Å². The number of ether oxygens (including phenoxy) is 3. The number of Topliss-reactive ketones (excluding diaryl/α,β-unsaturated/α-hetero) is 3. The highest BCUT2D eigenvalue weighted by molar-refractivity contribution is 6.35. The minimum absolute atomic E-state index is 0.0310. The standard InChI is InChI=1S/C31H34N4O9/c1-12-25(38)16-8-19-24-23-17(28(44-15(4)37)13(2)30(43-7)27(23)40)9-18(34(24)5)20(10-32)35(19)21(11-33-31(41)14(3)36)22(16)26(39)29(12)42-6/h18-21,24,40H,8-9,11H2,1-7H3,(H,33,41)/t18-,19-,20-,21-,24+/m0/s1. The van der Waals surface area contributed by atoms with Gasteiger partial charge < -0.3 is 24.6 Å². The third kappa shape index (κ3) is 4.39. The van der Waals surface area contributed by atoms with Crippen LogP contribution in [0.4, 0.5) is 0 Å². The van der Waals surface area contributed by atoms with Crippen molar-refractivity contribution in [1.82, 2.24) is 15.1 Å². The second-order valence-corrected chi connectivity index (χ2v) is 11.5. The van der Waals surface area contributed by atoms with E-state index in [-0.39, 0.29) is 59.1 Å². The Labute approximate surface area is 254 Å². The summed E-state index contributed by atoms with van der Waals surface area (Å²) < 4.78 is 16.5. The number of carbonyl (C=O) groups excluding carboxylic acids is 5. The second kappa shape index (κ2) is 11.2. The van der Waals surface area contributed by atoms with Crippen LogP contribution in [0.3, 0.4) is 0 Å². The first-order chi connectivity index (χ1) is 20.8. The molecule has 1 aromatic carbocycles. The van der Waals surface area contributed by atoms with Gasteiger partial charge in [-0.05, 0) is 33.7 Å². The number of ketones is 3. The number of nitrogens with zero attached hydrogens (tertiary/aromatic N) is 3. The van der Waals surface area contributed by atoms with Crippen molar-refractivity contribution in [1.29, 1.82) is 5.26 Å². The Bertz CT molecular complexity index is 1630. The molecule has 5 rings (SSSR count). The first kappa shape index (κ1) is 30.9. The molecule has 44 heavy (non-hydrogen) atoms. The lowest BCUT2D eigenvalue weighted by molar-refractivity contribution is -0.137. The summed E-state index contributed by atoms with van der Waals surface area (Å²) in [6.07, 6.45) is 0.224. The molecule has 1 aromatic rings. The van der Waals surface area contributed by atoms with Gasteiger partial charge in [0.05, 0.1) is 32.4 Å². The number of amides is 1. The molecular formula is C31H34N4O9. The number of likely N-dealkylation sites (N-methyl/N-ethyl adjacent to an activating group) is 1. The minimum atomic E-state index is -0.978. The Kier molecular flexibility index (Phi) is 7.86. The number of hydrogen-bond donors (Lipinski definition) is 2. The number of piperazine rings is 1. The average molecular weight is 607 g/mol. The number of fused-ring (bicyclic) bond motifs is 6. The van der Waals surface area contributed by atoms with E-state index in [1.807, 2.05) is 16.8 Å². The van der Waals surface area contributed by atoms with Crippen LogP contribution in [0.2, 0.25) is 0 Å². The first-order valence-corrected chi connectivity index (χ1v) is 14.2. The number of phenols is 1. The van der Waals surface area contributed by atoms with Gasteiger partial charge in [-0.2, -0.15) is 5.26 Å². The first-order valence-electron chi connectivity index (χ1n) is 14.2. The van der Waals surface area contributed by atoms with Crippen molar-refractivity contribution < 1.29 is 43.3 Å². The molecular weight excluding hydrogens is 572 g/mol. The number of phenolic OH excluding ortho intramolecular Hbond substituents is 1. The molecule has 3 heterocycles. The lowest BCUT2D eigenvalue weighted by Crippen LogP contribution is -2.71. The summed E-state index contributed by atoms with van der Waals surface area (Å²) in [5.41, 5.74) is 1.85. The summed E-state index contributed by atoms with van der Waals surface area (Å²) in [6, 6.07) is -1.33. The fourth-order valence-corrected chi connectivity index (χ4v) is 7.43. The molecule has 1 aliphatic carbocycles. The Morgan fingerprint density at radius 2 is 1.73 bits per heavy atom. The Hall–Kier alpha value is -4.54. The summed E-state index contributed by atoms with van der Waals surface area (Å²) in [6.45, 7) is 5.32. The smallest absolute Gasteiger partial charge is 0.308 e. The van der Waals surface area contributed by atoms with Crippen molar-refractivity contribution in [3.05, 3.63) is 39.2 Å². The van der Waals surface area contributed by atoms with E-state index in [0.717, 1.165) is 6.92 Å². The zero-order valence-electron chi connectivity index (χ0n) is 25.6. The monoisotopic (exact) mass is 606 g/mol. The molecule has 3 aliphatic heterocycles. The van der Waals surface area contributed by atoms with Crippen LogP contribution in [-0.2, 0) is 35.1 Å². The average Bonchev–Trinajstić information content (AvgIpc) is 2.97. The lowest BCUT2D eigenvalue weighted by atomic mass is 9.69. The molecule has 232 valence electrons. The highest BCUT2D eigenvalue weighted by Crippen LogP contribution is 2.56. The van der Waals surface area contributed by atoms with E-state index in [9.17, 15) is 34.3 Å². The number of nitriles is 1. The van der Waals surface area contributed by atoms with E-state index < -0.39 is 59.4 Å². The molecule has 5 atom stereocenters. The van der Waals surface area contributed by atoms with E-state index in [2.05, 4.69) is 11.4 Å². The summed E-state index contributed by atoms with van der Waals surface area (Å²) in [4.78, 5) is 67.8. The molecule has 1 amide bonds. The highest BCUT2D eigenvalue weighted by atomic mass is 16.5. The normalized spacial score (nSPS) is 26.3. The maximum atomic E-state index is 13.8. The molecule has 0 saturated carbocycles. The quantitative estimate of drug-likeness (QED) is 0.203. The fourth-order valence-electron chi connectivity index (χ4n) is 7.43. The van der Waals surface area contributed by atoms with Crippen LogP contribution in [0.15, 0.2) is 22.5 Å². The van der Waals surface area contributed by atoms with E-state index in [1.165, 1.54) is 28.1 Å². The molecule has 0 aromatic heterocycles. The molecule has 2 N–H and O–H groups in total. The number of carbonyl (C=O) groups is 5. The van der Waals surface area contributed by atoms with Gasteiger partial charge in [0.2, 0.25) is 11.6 Å². The zero-order valence-corrected chi connectivity index (χ0v) is 25.6. The summed E-state index contributed by atoms with van der Waals surface area (Å²) in [7, 11) is 4.50. The molecule has 1 fully saturated rings. The van der Waals surface area contributed by atoms with E-state index in [0.29, 0.717) is 16.7 Å². The number of methoxy groups -OCH3 is 2. The number of esters is 1. The van der Waals surface area contributed by atoms with Crippen LogP contribution in [0, 0.1) is 18.3 Å². The third-order valence-electron chi connectivity index (χ3n) is 9.25. The summed E-state index contributed by atoms with van der Waals surface area (Å²) in [5.74, 6) is -3.03. The van der Waals surface area contributed by atoms with Crippen LogP contribution in [0.25, 0.3) is 0 Å². The van der Waals surface area contributed by atoms with Gasteiger partial charge in [0.1, 0.15) is 11.8 Å². The van der Waals surface area contributed by atoms with E-state index in [4.69, 9.17) is 14.2 Å². The van der Waals surface area contributed by atoms with Crippen LogP contribution < -0.4 is 14.8 Å². The molecule has 0 spiro atoms. The predicted molar refractivity (Wildman–Crippen MR) is 153 cm³/mol. The number of nitrogens with one attached hydrogen (secondary N) is 1. The molecule has 1 saturated heterocycles. The largest absolute Gasteiger partial charge is 0.504 e. The molecule has 2 bridgehead atoms. The number of hydrogen-bond acceptors (Lipinski definition) is 12. The van der Waals surface area contributed by atoms with Gasteiger partial charge in [-0.1, -0.05) is 0 Å². The molecule has 4 aliphatic rings. The van der Waals surface area contributed by atoms with Crippen LogP contribution in [0.5, 0.6) is 17.2 Å². The maximum Gasteiger partial charge on any atom is 0.308 e. The number of rotatable bonds is 6.